The molecule has 0 saturated heterocycles. The van der Waals surface area contributed by atoms with Gasteiger partial charge < -0.3 is 10.6 Å². The lowest BCUT2D eigenvalue weighted by atomic mass is 10.2. The summed E-state index contributed by atoms with van der Waals surface area (Å²) in [6.07, 6.45) is 1.68. The van der Waals surface area contributed by atoms with Crippen LogP contribution < -0.4 is 10.6 Å². The molecule has 1 aromatic rings. The summed E-state index contributed by atoms with van der Waals surface area (Å²) in [5.41, 5.74) is 1.11. The van der Waals surface area contributed by atoms with Crippen LogP contribution in [0.4, 0.5) is 0 Å². The molecule has 1 rings (SSSR count). The number of hydrogen-bond donors (Lipinski definition) is 2. The van der Waals surface area contributed by atoms with Gasteiger partial charge >= 0.3 is 0 Å². The van der Waals surface area contributed by atoms with Gasteiger partial charge in [0.15, 0.2) is 5.96 Å². The van der Waals surface area contributed by atoms with Crippen molar-refractivity contribution in [3.63, 3.8) is 0 Å². The van der Waals surface area contributed by atoms with Crippen molar-refractivity contribution in [2.45, 2.75) is 25.3 Å². The van der Waals surface area contributed by atoms with Crippen LogP contribution in [0.5, 0.6) is 0 Å². The van der Waals surface area contributed by atoms with Crippen molar-refractivity contribution >= 4 is 40.7 Å². The summed E-state index contributed by atoms with van der Waals surface area (Å²) in [4.78, 5) is 5.31. The molecule has 0 amide bonds. The number of rotatable bonds is 5. The van der Waals surface area contributed by atoms with E-state index in [-0.39, 0.29) is 24.0 Å². The van der Waals surface area contributed by atoms with Gasteiger partial charge in [0.05, 0.1) is 6.54 Å². The fourth-order valence-electron chi connectivity index (χ4n) is 1.47. The summed E-state index contributed by atoms with van der Waals surface area (Å²) in [7, 11) is -0.917. The van der Waals surface area contributed by atoms with Crippen LogP contribution in [0.25, 0.3) is 0 Å². The van der Waals surface area contributed by atoms with Crippen molar-refractivity contribution in [2.24, 2.45) is 4.99 Å². The standard InChI is InChI=1S/C13H21N3OS.HI/c1-4-14-13(15-5-2)16-10-11-6-8-12(9-7-11)18(3)17;/h6-9H,4-5,10H2,1-3H3,(H2,14,15,16);1H. The van der Waals surface area contributed by atoms with Gasteiger partial charge in [-0.15, -0.1) is 24.0 Å². The monoisotopic (exact) mass is 395 g/mol. The van der Waals surface area contributed by atoms with E-state index in [1.54, 1.807) is 6.26 Å². The topological polar surface area (TPSA) is 53.5 Å². The van der Waals surface area contributed by atoms with Gasteiger partial charge in [-0.25, -0.2) is 4.99 Å². The van der Waals surface area contributed by atoms with Crippen molar-refractivity contribution in [3.05, 3.63) is 29.8 Å². The lowest BCUT2D eigenvalue weighted by molar-refractivity contribution is 0.687. The number of guanidine groups is 1. The lowest BCUT2D eigenvalue weighted by Crippen LogP contribution is -2.36. The van der Waals surface area contributed by atoms with Gasteiger partial charge in [-0.3, -0.25) is 4.21 Å². The van der Waals surface area contributed by atoms with Gasteiger partial charge in [0.25, 0.3) is 0 Å². The SMILES string of the molecule is CCNC(=NCc1ccc(S(C)=O)cc1)NCC.I. The number of aliphatic imine (C=N–C) groups is 1. The van der Waals surface area contributed by atoms with Crippen LogP contribution in [0.1, 0.15) is 19.4 Å². The molecular weight excluding hydrogens is 373 g/mol. The van der Waals surface area contributed by atoms with Gasteiger partial charge in [-0.05, 0) is 31.5 Å². The third-order valence-electron chi connectivity index (χ3n) is 2.36. The Hall–Kier alpha value is -0.630. The first-order valence-corrected chi connectivity index (χ1v) is 7.67. The molecule has 0 heterocycles. The Morgan fingerprint density at radius 2 is 1.68 bits per heavy atom. The number of halogens is 1. The molecule has 108 valence electrons. The van der Waals surface area contributed by atoms with Gasteiger partial charge in [0.1, 0.15) is 0 Å². The van der Waals surface area contributed by atoms with E-state index in [0.29, 0.717) is 6.54 Å². The molecule has 19 heavy (non-hydrogen) atoms. The first kappa shape index (κ1) is 18.4. The third kappa shape index (κ3) is 6.91. The number of benzene rings is 1. The summed E-state index contributed by atoms with van der Waals surface area (Å²) in [5, 5.41) is 6.35. The first-order valence-electron chi connectivity index (χ1n) is 6.12. The quantitative estimate of drug-likeness (QED) is 0.456. The van der Waals surface area contributed by atoms with Gasteiger partial charge in [-0.2, -0.15) is 0 Å². The summed E-state index contributed by atoms with van der Waals surface area (Å²) in [6.45, 7) is 6.39. The van der Waals surface area contributed by atoms with E-state index in [0.717, 1.165) is 29.5 Å². The normalized spacial score (nSPS) is 11.1. The van der Waals surface area contributed by atoms with E-state index in [9.17, 15) is 4.21 Å². The van der Waals surface area contributed by atoms with Crippen LogP contribution >= 0.6 is 24.0 Å². The summed E-state index contributed by atoms with van der Waals surface area (Å²) in [5.74, 6) is 0.822. The predicted octanol–water partition coefficient (Wildman–Crippen LogP) is 2.12. The Morgan fingerprint density at radius 1 is 1.16 bits per heavy atom. The molecule has 0 saturated carbocycles. The van der Waals surface area contributed by atoms with Crippen molar-refractivity contribution in [2.75, 3.05) is 19.3 Å². The largest absolute Gasteiger partial charge is 0.357 e. The molecule has 0 spiro atoms. The van der Waals surface area contributed by atoms with Gasteiger partial charge in [-0.1, -0.05) is 12.1 Å². The average molecular weight is 395 g/mol. The fraction of sp³-hybridized carbons (Fsp3) is 0.462. The second-order valence-corrected chi connectivity index (χ2v) is 5.20. The van der Waals surface area contributed by atoms with Crippen LogP contribution in [0.3, 0.4) is 0 Å². The Labute approximate surface area is 134 Å². The van der Waals surface area contributed by atoms with Crippen LogP contribution in [0.2, 0.25) is 0 Å². The smallest absolute Gasteiger partial charge is 0.191 e. The zero-order chi connectivity index (χ0) is 13.4. The van der Waals surface area contributed by atoms with E-state index in [1.165, 1.54) is 0 Å². The highest BCUT2D eigenvalue weighted by molar-refractivity contribution is 14.0. The molecule has 2 N–H and O–H groups in total. The maximum atomic E-state index is 11.3. The molecule has 0 aliphatic rings. The summed E-state index contributed by atoms with van der Waals surface area (Å²) in [6, 6.07) is 7.72. The average Bonchev–Trinajstić information content (AvgIpc) is 2.37. The second-order valence-electron chi connectivity index (χ2n) is 3.82. The van der Waals surface area contributed by atoms with Crippen LogP contribution in [0.15, 0.2) is 34.2 Å². The summed E-state index contributed by atoms with van der Waals surface area (Å²) >= 11 is 0. The van der Waals surface area contributed by atoms with Gasteiger partial charge in [0, 0.05) is 35.0 Å². The minimum atomic E-state index is -0.917. The molecule has 0 aliphatic heterocycles. The molecule has 0 radical (unpaired) electrons. The van der Waals surface area contributed by atoms with Crippen LogP contribution in [0, 0.1) is 0 Å². The maximum absolute atomic E-state index is 11.3. The molecule has 4 nitrogen and oxygen atoms in total. The molecule has 1 aromatic carbocycles. The van der Waals surface area contributed by atoms with Crippen molar-refractivity contribution in [1.82, 2.24) is 10.6 Å². The molecule has 0 bridgehead atoms. The predicted molar refractivity (Wildman–Crippen MR) is 92.7 cm³/mol. The first-order chi connectivity index (χ1) is 8.67. The lowest BCUT2D eigenvalue weighted by Gasteiger charge is -2.09. The van der Waals surface area contributed by atoms with Crippen molar-refractivity contribution in [1.29, 1.82) is 0 Å². The van der Waals surface area contributed by atoms with Crippen molar-refractivity contribution < 1.29 is 4.21 Å². The minimum Gasteiger partial charge on any atom is -0.357 e. The Kier molecular flexibility index (Phi) is 9.85. The number of nitrogens with zero attached hydrogens (tertiary/aromatic N) is 1. The highest BCUT2D eigenvalue weighted by atomic mass is 127. The molecular formula is C13H22IN3OS. The van der Waals surface area contributed by atoms with E-state index in [1.807, 2.05) is 38.1 Å². The minimum absolute atomic E-state index is 0. The molecule has 1 unspecified atom stereocenters. The Balaban J connectivity index is 0.00000324. The zero-order valence-electron chi connectivity index (χ0n) is 11.6. The maximum Gasteiger partial charge on any atom is 0.191 e. The van der Waals surface area contributed by atoms with E-state index >= 15 is 0 Å². The second kappa shape index (κ2) is 10.2. The Morgan fingerprint density at radius 3 is 2.11 bits per heavy atom. The Bertz CT molecular complexity index is 412. The van der Waals surface area contributed by atoms with E-state index in [2.05, 4.69) is 15.6 Å². The van der Waals surface area contributed by atoms with E-state index < -0.39 is 10.8 Å². The summed E-state index contributed by atoms with van der Waals surface area (Å²) < 4.78 is 11.3. The van der Waals surface area contributed by atoms with E-state index in [4.69, 9.17) is 0 Å². The van der Waals surface area contributed by atoms with Gasteiger partial charge in [0.2, 0.25) is 0 Å². The number of nitrogens with one attached hydrogen (secondary N) is 2. The third-order valence-corrected chi connectivity index (χ3v) is 3.30. The fourth-order valence-corrected chi connectivity index (χ4v) is 1.99. The molecule has 1 atom stereocenters. The van der Waals surface area contributed by atoms with Crippen molar-refractivity contribution in [3.8, 4) is 0 Å². The molecule has 0 fully saturated rings. The highest BCUT2D eigenvalue weighted by Gasteiger charge is 1.98. The zero-order valence-corrected chi connectivity index (χ0v) is 14.7. The molecule has 0 aromatic heterocycles. The molecule has 0 aliphatic carbocycles. The van der Waals surface area contributed by atoms with Crippen LogP contribution in [-0.2, 0) is 17.3 Å². The van der Waals surface area contributed by atoms with Crippen LogP contribution in [-0.4, -0.2) is 29.5 Å². The highest BCUT2D eigenvalue weighted by Crippen LogP contribution is 2.08. The molecule has 6 heteroatoms. The number of hydrogen-bond acceptors (Lipinski definition) is 2.